The van der Waals surface area contributed by atoms with E-state index in [0.717, 1.165) is 34.2 Å². The number of para-hydroxylation sites is 1. The minimum atomic E-state index is 0.307. The second-order valence-electron chi connectivity index (χ2n) is 3.90. The summed E-state index contributed by atoms with van der Waals surface area (Å²) in [5, 5.41) is 10.5. The summed E-state index contributed by atoms with van der Waals surface area (Å²) in [4.78, 5) is 0.307. The fourth-order valence-electron chi connectivity index (χ4n) is 1.65. The van der Waals surface area contributed by atoms with Crippen LogP contribution in [0.25, 0.3) is 0 Å². The third-order valence-corrected chi connectivity index (χ3v) is 5.06. The molecule has 0 spiro atoms. The zero-order chi connectivity index (χ0) is 13.0. The molecule has 0 radical (unpaired) electrons. The van der Waals surface area contributed by atoms with Crippen LogP contribution >= 0.6 is 27.3 Å². The van der Waals surface area contributed by atoms with E-state index in [4.69, 9.17) is 4.74 Å². The Morgan fingerprint density at radius 1 is 1.33 bits per heavy atom. The Hall–Kier alpha value is -0.940. The molecule has 2 aromatic rings. The van der Waals surface area contributed by atoms with Gasteiger partial charge in [-0.2, -0.15) is 0 Å². The van der Waals surface area contributed by atoms with Crippen LogP contribution in [-0.2, 0) is 6.42 Å². The van der Waals surface area contributed by atoms with Crippen LogP contribution in [0.1, 0.15) is 33.8 Å². The maximum Gasteiger partial charge on any atom is 0.131 e. The molecule has 96 valence electrons. The van der Waals surface area contributed by atoms with Gasteiger partial charge >= 0.3 is 0 Å². The predicted molar refractivity (Wildman–Crippen MR) is 77.7 cm³/mol. The van der Waals surface area contributed by atoms with Crippen molar-refractivity contribution in [2.24, 2.45) is 0 Å². The largest absolute Gasteiger partial charge is 0.496 e. The van der Waals surface area contributed by atoms with Crippen molar-refractivity contribution < 1.29 is 4.74 Å². The Balaban J connectivity index is 2.16. The topological polar surface area (TPSA) is 35.0 Å². The van der Waals surface area contributed by atoms with Crippen LogP contribution in [0.4, 0.5) is 0 Å². The van der Waals surface area contributed by atoms with Crippen LogP contribution in [0.3, 0.4) is 0 Å². The van der Waals surface area contributed by atoms with Gasteiger partial charge < -0.3 is 4.74 Å². The molecular formula is C13H15BrN2OS. The van der Waals surface area contributed by atoms with Crippen LogP contribution in [0, 0.1) is 0 Å². The van der Waals surface area contributed by atoms with E-state index in [0.29, 0.717) is 4.83 Å². The number of aromatic nitrogens is 2. The van der Waals surface area contributed by atoms with Crippen LogP contribution in [-0.4, -0.2) is 17.3 Å². The van der Waals surface area contributed by atoms with E-state index in [9.17, 15) is 0 Å². The molecule has 0 N–H and O–H groups in total. The SMILES string of the molecule is CCC(Br)c1nnc(Cc2ccccc2OC)s1. The zero-order valence-corrected chi connectivity index (χ0v) is 12.8. The highest BCUT2D eigenvalue weighted by Crippen LogP contribution is 2.30. The molecule has 1 aromatic heterocycles. The van der Waals surface area contributed by atoms with Gasteiger partial charge in [0.05, 0.1) is 11.9 Å². The first-order chi connectivity index (χ1) is 8.74. The molecule has 0 fully saturated rings. The van der Waals surface area contributed by atoms with Crippen molar-refractivity contribution in [2.75, 3.05) is 7.11 Å². The van der Waals surface area contributed by atoms with E-state index in [-0.39, 0.29) is 0 Å². The van der Waals surface area contributed by atoms with Gasteiger partial charge in [0.25, 0.3) is 0 Å². The third kappa shape index (κ3) is 3.09. The van der Waals surface area contributed by atoms with Gasteiger partial charge in [0, 0.05) is 12.0 Å². The maximum absolute atomic E-state index is 5.34. The van der Waals surface area contributed by atoms with Gasteiger partial charge in [0.1, 0.15) is 15.8 Å². The van der Waals surface area contributed by atoms with Crippen LogP contribution in [0.5, 0.6) is 5.75 Å². The molecule has 2 rings (SSSR count). The summed E-state index contributed by atoms with van der Waals surface area (Å²) in [6.45, 7) is 2.13. The van der Waals surface area contributed by atoms with Crippen molar-refractivity contribution in [3.05, 3.63) is 39.8 Å². The number of alkyl halides is 1. The number of methoxy groups -OCH3 is 1. The summed E-state index contributed by atoms with van der Waals surface area (Å²) in [5.74, 6) is 0.903. The molecule has 0 aliphatic carbocycles. The maximum atomic E-state index is 5.34. The minimum Gasteiger partial charge on any atom is -0.496 e. The molecule has 5 heteroatoms. The molecule has 0 amide bonds. The Labute approximate surface area is 119 Å². The van der Waals surface area contributed by atoms with Crippen LogP contribution in [0.2, 0.25) is 0 Å². The Morgan fingerprint density at radius 2 is 2.11 bits per heavy atom. The highest BCUT2D eigenvalue weighted by molar-refractivity contribution is 9.09. The van der Waals surface area contributed by atoms with E-state index in [1.807, 2.05) is 18.2 Å². The van der Waals surface area contributed by atoms with Crippen molar-refractivity contribution in [3.8, 4) is 5.75 Å². The summed E-state index contributed by atoms with van der Waals surface area (Å²) in [6.07, 6.45) is 1.79. The Kier molecular flexibility index (Phi) is 4.72. The summed E-state index contributed by atoms with van der Waals surface area (Å²) in [7, 11) is 1.69. The lowest BCUT2D eigenvalue weighted by molar-refractivity contribution is 0.410. The van der Waals surface area contributed by atoms with Crippen molar-refractivity contribution in [1.82, 2.24) is 10.2 Å². The molecule has 1 aromatic carbocycles. The average Bonchev–Trinajstić information content (AvgIpc) is 2.87. The molecule has 18 heavy (non-hydrogen) atoms. The monoisotopic (exact) mass is 326 g/mol. The fraction of sp³-hybridized carbons (Fsp3) is 0.385. The standard InChI is InChI=1S/C13H15BrN2OS/c1-3-10(14)13-16-15-12(18-13)8-9-6-4-5-7-11(9)17-2/h4-7,10H,3,8H2,1-2H3. The molecule has 1 unspecified atom stereocenters. The van der Waals surface area contributed by atoms with E-state index in [1.54, 1.807) is 18.4 Å². The van der Waals surface area contributed by atoms with Crippen molar-refractivity contribution in [1.29, 1.82) is 0 Å². The number of halogens is 1. The molecule has 0 aliphatic heterocycles. The van der Waals surface area contributed by atoms with E-state index in [1.165, 1.54) is 0 Å². The molecule has 0 saturated carbocycles. The van der Waals surface area contributed by atoms with Gasteiger partial charge in [-0.25, -0.2) is 0 Å². The van der Waals surface area contributed by atoms with E-state index < -0.39 is 0 Å². The quantitative estimate of drug-likeness (QED) is 0.779. The molecule has 1 atom stereocenters. The first kappa shape index (κ1) is 13.5. The third-order valence-electron chi connectivity index (χ3n) is 2.64. The van der Waals surface area contributed by atoms with Crippen LogP contribution in [0.15, 0.2) is 24.3 Å². The number of nitrogens with zero attached hydrogens (tertiary/aromatic N) is 2. The lowest BCUT2D eigenvalue weighted by atomic mass is 10.1. The number of hydrogen-bond donors (Lipinski definition) is 0. The number of hydrogen-bond acceptors (Lipinski definition) is 4. The molecule has 1 heterocycles. The fourth-order valence-corrected chi connectivity index (χ4v) is 2.95. The minimum absolute atomic E-state index is 0.307. The zero-order valence-electron chi connectivity index (χ0n) is 10.4. The summed E-state index contributed by atoms with van der Waals surface area (Å²) in [6, 6.07) is 8.01. The second kappa shape index (κ2) is 6.29. The lowest BCUT2D eigenvalue weighted by Crippen LogP contribution is -1.92. The van der Waals surface area contributed by atoms with Crippen molar-refractivity contribution in [3.63, 3.8) is 0 Å². The lowest BCUT2D eigenvalue weighted by Gasteiger charge is -2.05. The summed E-state index contributed by atoms with van der Waals surface area (Å²) >= 11 is 5.25. The molecule has 0 saturated heterocycles. The van der Waals surface area contributed by atoms with Gasteiger partial charge in [0.2, 0.25) is 0 Å². The molecule has 3 nitrogen and oxygen atoms in total. The molecular weight excluding hydrogens is 312 g/mol. The number of ether oxygens (including phenoxy) is 1. The van der Waals surface area contributed by atoms with Gasteiger partial charge in [-0.05, 0) is 12.5 Å². The Bertz CT molecular complexity index is 515. The normalized spacial score (nSPS) is 12.4. The van der Waals surface area contributed by atoms with Gasteiger partial charge in [0.15, 0.2) is 0 Å². The van der Waals surface area contributed by atoms with Gasteiger partial charge in [-0.1, -0.05) is 52.4 Å². The predicted octanol–water partition coefficient (Wildman–Crippen LogP) is 3.98. The Morgan fingerprint density at radius 3 is 2.83 bits per heavy atom. The number of benzene rings is 1. The highest BCUT2D eigenvalue weighted by Gasteiger charge is 2.13. The van der Waals surface area contributed by atoms with Gasteiger partial charge in [-0.15, -0.1) is 10.2 Å². The van der Waals surface area contributed by atoms with E-state index >= 15 is 0 Å². The first-order valence-electron chi connectivity index (χ1n) is 5.82. The van der Waals surface area contributed by atoms with Crippen molar-refractivity contribution in [2.45, 2.75) is 24.6 Å². The molecule has 0 aliphatic rings. The number of rotatable bonds is 5. The van der Waals surface area contributed by atoms with Gasteiger partial charge in [-0.3, -0.25) is 0 Å². The van der Waals surface area contributed by atoms with Crippen molar-refractivity contribution >= 4 is 27.3 Å². The average molecular weight is 327 g/mol. The van der Waals surface area contributed by atoms with Crippen LogP contribution < -0.4 is 4.74 Å². The molecule has 0 bridgehead atoms. The smallest absolute Gasteiger partial charge is 0.131 e. The second-order valence-corrected chi connectivity index (χ2v) is 6.10. The highest BCUT2D eigenvalue weighted by atomic mass is 79.9. The van der Waals surface area contributed by atoms with E-state index in [2.05, 4.69) is 39.1 Å². The first-order valence-corrected chi connectivity index (χ1v) is 7.56. The summed E-state index contributed by atoms with van der Waals surface area (Å²) < 4.78 is 5.34. The summed E-state index contributed by atoms with van der Waals surface area (Å²) in [5.41, 5.74) is 1.14.